The number of aromatic nitrogens is 1. The fourth-order valence-corrected chi connectivity index (χ4v) is 4.81. The second kappa shape index (κ2) is 9.55. The topological polar surface area (TPSA) is 72.7 Å². The molecule has 2 N–H and O–H groups in total. The first-order valence-corrected chi connectivity index (χ1v) is 11.7. The molecule has 0 bridgehead atoms. The van der Waals surface area contributed by atoms with Gasteiger partial charge in [-0.25, -0.2) is 4.39 Å². The van der Waals surface area contributed by atoms with Crippen LogP contribution in [0, 0.1) is 12.7 Å². The molecule has 1 aromatic carbocycles. The third-order valence-electron chi connectivity index (χ3n) is 6.68. The Labute approximate surface area is 201 Å². The summed E-state index contributed by atoms with van der Waals surface area (Å²) in [5, 5.41) is 13.1. The van der Waals surface area contributed by atoms with E-state index in [4.69, 9.17) is 9.47 Å². The molecule has 10 heteroatoms. The van der Waals surface area contributed by atoms with Gasteiger partial charge in [-0.1, -0.05) is 12.8 Å². The van der Waals surface area contributed by atoms with Crippen molar-refractivity contribution in [3.8, 4) is 11.3 Å². The number of nitrogens with one attached hydrogen (secondary N) is 1. The summed E-state index contributed by atoms with van der Waals surface area (Å²) in [6.07, 6.45) is -2.80. The SMILES string of the molecule is Cc1c(C(=O)N[C@@H]2CCCC[C@H]2O)cc(-c2cc(C(F)(F)F)ccc2F)n1CC1COC(C)(C)O1. The molecule has 1 aromatic heterocycles. The molecule has 35 heavy (non-hydrogen) atoms. The number of carbonyl (C=O) groups excluding carboxylic acids is 1. The van der Waals surface area contributed by atoms with Crippen LogP contribution in [0.5, 0.6) is 0 Å². The summed E-state index contributed by atoms with van der Waals surface area (Å²) in [6, 6.07) is 3.21. The molecule has 1 aliphatic heterocycles. The maximum Gasteiger partial charge on any atom is 0.416 e. The Morgan fingerprint density at radius 3 is 2.57 bits per heavy atom. The number of alkyl halides is 3. The molecule has 2 fully saturated rings. The molecule has 0 radical (unpaired) electrons. The Balaban J connectivity index is 1.74. The lowest BCUT2D eigenvalue weighted by Gasteiger charge is -2.28. The molecule has 1 saturated heterocycles. The van der Waals surface area contributed by atoms with Crippen molar-refractivity contribution in [3.63, 3.8) is 0 Å². The standard InChI is InChI=1S/C25H30F4N2O4/c1-14-17(23(33)30-20-6-4-5-7-22(20)32)11-21(31(14)12-16-13-34-24(2,3)35-16)18-10-15(25(27,28)29)8-9-19(18)26/h8-11,16,20,22,32H,4-7,12-13H2,1-3H3,(H,30,33)/t16?,20-,22-/m1/s1. The number of aliphatic hydroxyl groups excluding tert-OH is 1. The quantitative estimate of drug-likeness (QED) is 0.581. The highest BCUT2D eigenvalue weighted by Crippen LogP contribution is 2.36. The number of rotatable bonds is 5. The molecule has 192 valence electrons. The van der Waals surface area contributed by atoms with Crippen molar-refractivity contribution in [1.82, 2.24) is 9.88 Å². The predicted molar refractivity (Wildman–Crippen MR) is 120 cm³/mol. The van der Waals surface area contributed by atoms with E-state index in [0.717, 1.165) is 25.0 Å². The minimum Gasteiger partial charge on any atom is -0.391 e. The van der Waals surface area contributed by atoms with Gasteiger partial charge in [0.25, 0.3) is 5.91 Å². The van der Waals surface area contributed by atoms with Gasteiger partial charge in [0.2, 0.25) is 0 Å². The number of hydrogen-bond acceptors (Lipinski definition) is 4. The van der Waals surface area contributed by atoms with Crippen molar-refractivity contribution < 1.29 is 36.9 Å². The van der Waals surface area contributed by atoms with Gasteiger partial charge in [0, 0.05) is 11.3 Å². The first kappa shape index (κ1) is 25.7. The van der Waals surface area contributed by atoms with Gasteiger partial charge >= 0.3 is 6.18 Å². The summed E-state index contributed by atoms with van der Waals surface area (Å²) in [4.78, 5) is 13.2. The maximum absolute atomic E-state index is 14.9. The number of benzene rings is 1. The van der Waals surface area contributed by atoms with Crippen molar-refractivity contribution >= 4 is 5.91 Å². The van der Waals surface area contributed by atoms with Crippen LogP contribution in [-0.4, -0.2) is 46.2 Å². The fraction of sp³-hybridized carbons (Fsp3) is 0.560. The molecule has 4 rings (SSSR count). The Hall–Kier alpha value is -2.43. The number of ether oxygens (including phenoxy) is 2. The lowest BCUT2D eigenvalue weighted by molar-refractivity contribution is -0.139. The Bertz CT molecular complexity index is 1100. The molecular weight excluding hydrogens is 468 g/mol. The lowest BCUT2D eigenvalue weighted by Crippen LogP contribution is -2.45. The first-order chi connectivity index (χ1) is 16.4. The molecule has 0 spiro atoms. The first-order valence-electron chi connectivity index (χ1n) is 11.7. The van der Waals surface area contributed by atoms with Crippen molar-refractivity contribution in [2.45, 2.75) is 83.2 Å². The van der Waals surface area contributed by atoms with Gasteiger partial charge in [-0.15, -0.1) is 0 Å². The monoisotopic (exact) mass is 498 g/mol. The van der Waals surface area contributed by atoms with E-state index in [1.165, 1.54) is 6.07 Å². The van der Waals surface area contributed by atoms with Gasteiger partial charge in [-0.3, -0.25) is 4.79 Å². The molecule has 3 atom stereocenters. The molecule has 1 amide bonds. The summed E-state index contributed by atoms with van der Waals surface area (Å²) in [6.45, 7) is 5.54. The van der Waals surface area contributed by atoms with E-state index in [1.807, 2.05) is 0 Å². The van der Waals surface area contributed by atoms with E-state index in [0.29, 0.717) is 24.6 Å². The Morgan fingerprint density at radius 2 is 1.94 bits per heavy atom. The summed E-state index contributed by atoms with van der Waals surface area (Å²) < 4.78 is 68.1. The summed E-state index contributed by atoms with van der Waals surface area (Å²) in [5.74, 6) is -2.13. The molecule has 2 aromatic rings. The molecule has 2 heterocycles. The zero-order valence-corrected chi connectivity index (χ0v) is 19.9. The molecular formula is C25H30F4N2O4. The van der Waals surface area contributed by atoms with Crippen LogP contribution in [-0.2, 0) is 22.2 Å². The van der Waals surface area contributed by atoms with Gasteiger partial charge in [0.15, 0.2) is 5.79 Å². The van der Waals surface area contributed by atoms with Crippen LogP contribution in [0.3, 0.4) is 0 Å². The number of nitrogens with zero attached hydrogens (tertiary/aromatic N) is 1. The van der Waals surface area contributed by atoms with Crippen molar-refractivity contribution in [2.75, 3.05) is 6.61 Å². The average molecular weight is 499 g/mol. The normalized spacial score (nSPS) is 24.5. The van der Waals surface area contributed by atoms with Crippen LogP contribution in [0.2, 0.25) is 0 Å². The van der Waals surface area contributed by atoms with Crippen LogP contribution >= 0.6 is 0 Å². The lowest BCUT2D eigenvalue weighted by atomic mass is 9.92. The zero-order chi connectivity index (χ0) is 25.5. The smallest absolute Gasteiger partial charge is 0.391 e. The van der Waals surface area contributed by atoms with Crippen molar-refractivity contribution in [3.05, 3.63) is 46.9 Å². The van der Waals surface area contributed by atoms with Gasteiger partial charge in [0.1, 0.15) is 11.9 Å². The fourth-order valence-electron chi connectivity index (χ4n) is 4.81. The number of hydrogen-bond donors (Lipinski definition) is 2. The minimum atomic E-state index is -4.65. The highest BCUT2D eigenvalue weighted by Gasteiger charge is 2.35. The van der Waals surface area contributed by atoms with Crippen LogP contribution < -0.4 is 5.32 Å². The van der Waals surface area contributed by atoms with E-state index in [2.05, 4.69) is 5.32 Å². The second-order valence-electron chi connectivity index (χ2n) is 9.71. The zero-order valence-electron chi connectivity index (χ0n) is 19.9. The number of amides is 1. The average Bonchev–Trinajstić information content (AvgIpc) is 3.28. The van der Waals surface area contributed by atoms with E-state index in [9.17, 15) is 27.5 Å². The largest absolute Gasteiger partial charge is 0.416 e. The van der Waals surface area contributed by atoms with E-state index in [-0.39, 0.29) is 30.0 Å². The molecule has 6 nitrogen and oxygen atoms in total. The predicted octanol–water partition coefficient (Wildman–Crippen LogP) is 4.81. The van der Waals surface area contributed by atoms with E-state index < -0.39 is 47.5 Å². The third-order valence-corrected chi connectivity index (χ3v) is 6.68. The molecule has 1 aliphatic carbocycles. The summed E-state index contributed by atoms with van der Waals surface area (Å²) in [7, 11) is 0. The number of halogens is 4. The van der Waals surface area contributed by atoms with Gasteiger partial charge < -0.3 is 24.5 Å². The maximum atomic E-state index is 14.9. The molecule has 1 saturated carbocycles. The highest BCUT2D eigenvalue weighted by molar-refractivity contribution is 5.97. The minimum absolute atomic E-state index is 0.133. The summed E-state index contributed by atoms with van der Waals surface area (Å²) in [5.41, 5.74) is -0.468. The summed E-state index contributed by atoms with van der Waals surface area (Å²) >= 11 is 0. The number of carbonyl (C=O) groups is 1. The van der Waals surface area contributed by atoms with Crippen molar-refractivity contribution in [1.29, 1.82) is 0 Å². The van der Waals surface area contributed by atoms with Crippen LogP contribution in [0.1, 0.15) is 61.1 Å². The second-order valence-corrected chi connectivity index (χ2v) is 9.71. The Kier molecular flexibility index (Phi) is 7.00. The van der Waals surface area contributed by atoms with Gasteiger partial charge in [-0.2, -0.15) is 13.2 Å². The molecule has 1 unspecified atom stereocenters. The molecule has 2 aliphatic rings. The van der Waals surface area contributed by atoms with Gasteiger partial charge in [0.05, 0.1) is 42.1 Å². The Morgan fingerprint density at radius 1 is 1.23 bits per heavy atom. The highest BCUT2D eigenvalue weighted by atomic mass is 19.4. The third kappa shape index (κ3) is 5.54. The van der Waals surface area contributed by atoms with Crippen LogP contribution in [0.4, 0.5) is 17.6 Å². The van der Waals surface area contributed by atoms with E-state index in [1.54, 1.807) is 25.3 Å². The van der Waals surface area contributed by atoms with Gasteiger partial charge in [-0.05, 0) is 57.9 Å². The van der Waals surface area contributed by atoms with Crippen LogP contribution in [0.15, 0.2) is 24.3 Å². The van der Waals surface area contributed by atoms with E-state index >= 15 is 0 Å². The van der Waals surface area contributed by atoms with Crippen LogP contribution in [0.25, 0.3) is 11.3 Å². The van der Waals surface area contributed by atoms with Crippen molar-refractivity contribution in [2.24, 2.45) is 0 Å². The number of aliphatic hydroxyl groups is 1.